The third-order valence-electron chi connectivity index (χ3n) is 2.50. The highest BCUT2D eigenvalue weighted by Gasteiger charge is 2.06. The van der Waals surface area contributed by atoms with E-state index in [2.05, 4.69) is 5.32 Å². The Balaban J connectivity index is 2.03. The molecule has 0 aliphatic rings. The molecule has 0 fully saturated rings. The Bertz CT molecular complexity index is 555. The molecule has 0 radical (unpaired) electrons. The lowest BCUT2D eigenvalue weighted by molar-refractivity contribution is -0.115. The molecule has 0 heterocycles. The molecule has 3 nitrogen and oxygen atoms in total. The zero-order valence-corrected chi connectivity index (χ0v) is 9.69. The summed E-state index contributed by atoms with van der Waals surface area (Å²) in [7, 11) is 0. The number of anilines is 2. The van der Waals surface area contributed by atoms with Gasteiger partial charge in [0, 0.05) is 0 Å². The minimum atomic E-state index is -0.423. The largest absolute Gasteiger partial charge is 0.397 e. The Hall–Kier alpha value is -2.36. The first-order valence-electron chi connectivity index (χ1n) is 5.54. The molecular weight excluding hydrogens is 231 g/mol. The molecule has 92 valence electrons. The summed E-state index contributed by atoms with van der Waals surface area (Å²) >= 11 is 0. The Labute approximate surface area is 104 Å². The highest BCUT2D eigenvalue weighted by Crippen LogP contribution is 2.19. The molecule has 18 heavy (non-hydrogen) atoms. The Morgan fingerprint density at radius 1 is 1.17 bits per heavy atom. The molecule has 0 bridgehead atoms. The smallest absolute Gasteiger partial charge is 0.228 e. The van der Waals surface area contributed by atoms with E-state index >= 15 is 0 Å². The van der Waals surface area contributed by atoms with Crippen molar-refractivity contribution >= 4 is 17.3 Å². The number of carbonyl (C=O) groups excluding carboxylic acids is 1. The van der Waals surface area contributed by atoms with Gasteiger partial charge in [0.25, 0.3) is 0 Å². The van der Waals surface area contributed by atoms with Gasteiger partial charge < -0.3 is 11.1 Å². The maximum absolute atomic E-state index is 12.8. The average Bonchev–Trinajstić information content (AvgIpc) is 2.34. The van der Waals surface area contributed by atoms with Gasteiger partial charge in [-0.3, -0.25) is 4.79 Å². The fourth-order valence-corrected chi connectivity index (χ4v) is 1.62. The van der Waals surface area contributed by atoms with Crippen molar-refractivity contribution in [2.75, 3.05) is 11.1 Å². The highest BCUT2D eigenvalue weighted by atomic mass is 19.1. The van der Waals surface area contributed by atoms with Crippen LogP contribution in [0, 0.1) is 5.82 Å². The Morgan fingerprint density at radius 3 is 2.56 bits per heavy atom. The molecule has 2 aromatic carbocycles. The number of amides is 1. The number of hydrogen-bond acceptors (Lipinski definition) is 2. The van der Waals surface area contributed by atoms with Crippen molar-refractivity contribution in [3.63, 3.8) is 0 Å². The maximum Gasteiger partial charge on any atom is 0.228 e. The number of benzene rings is 2. The summed E-state index contributed by atoms with van der Waals surface area (Å²) in [4.78, 5) is 11.8. The van der Waals surface area contributed by atoms with E-state index in [0.29, 0.717) is 5.69 Å². The van der Waals surface area contributed by atoms with Gasteiger partial charge in [0.2, 0.25) is 5.91 Å². The van der Waals surface area contributed by atoms with E-state index in [1.165, 1.54) is 18.2 Å². The summed E-state index contributed by atoms with van der Waals surface area (Å²) in [5, 5.41) is 2.66. The van der Waals surface area contributed by atoms with Crippen LogP contribution < -0.4 is 11.1 Å². The summed E-state index contributed by atoms with van der Waals surface area (Å²) < 4.78 is 12.8. The molecule has 0 saturated heterocycles. The van der Waals surface area contributed by atoms with Gasteiger partial charge in [-0.2, -0.15) is 0 Å². The first-order valence-corrected chi connectivity index (χ1v) is 5.54. The second-order valence-corrected chi connectivity index (χ2v) is 3.94. The van der Waals surface area contributed by atoms with Crippen molar-refractivity contribution in [1.82, 2.24) is 0 Å². The van der Waals surface area contributed by atoms with Gasteiger partial charge in [0.05, 0.1) is 17.8 Å². The lowest BCUT2D eigenvalue weighted by Gasteiger charge is -2.08. The summed E-state index contributed by atoms with van der Waals surface area (Å²) in [6.07, 6.45) is 0.262. The SMILES string of the molecule is Nc1cc(F)ccc1NC(=O)Cc1ccccc1. The van der Waals surface area contributed by atoms with Crippen LogP contribution in [0.1, 0.15) is 5.56 Å². The molecule has 3 N–H and O–H groups in total. The standard InChI is InChI=1S/C14H13FN2O/c15-11-6-7-13(12(16)9-11)17-14(18)8-10-4-2-1-3-5-10/h1-7,9H,8,16H2,(H,17,18). The molecule has 0 aromatic heterocycles. The lowest BCUT2D eigenvalue weighted by Crippen LogP contribution is -2.15. The van der Waals surface area contributed by atoms with Gasteiger partial charge in [-0.05, 0) is 23.8 Å². The molecular formula is C14H13FN2O. The number of halogens is 1. The molecule has 0 saturated carbocycles. The van der Waals surface area contributed by atoms with Crippen molar-refractivity contribution in [3.8, 4) is 0 Å². The zero-order valence-electron chi connectivity index (χ0n) is 9.69. The number of rotatable bonds is 3. The summed E-state index contributed by atoms with van der Waals surface area (Å²) in [6.45, 7) is 0. The minimum Gasteiger partial charge on any atom is -0.397 e. The number of nitrogens with one attached hydrogen (secondary N) is 1. The number of hydrogen-bond donors (Lipinski definition) is 2. The van der Waals surface area contributed by atoms with Gasteiger partial charge in [-0.1, -0.05) is 30.3 Å². The van der Waals surface area contributed by atoms with Gasteiger partial charge in [-0.15, -0.1) is 0 Å². The van der Waals surface area contributed by atoms with E-state index in [1.54, 1.807) is 0 Å². The lowest BCUT2D eigenvalue weighted by atomic mass is 10.1. The number of carbonyl (C=O) groups is 1. The van der Waals surface area contributed by atoms with Gasteiger partial charge in [0.1, 0.15) is 5.82 Å². The van der Waals surface area contributed by atoms with Gasteiger partial charge >= 0.3 is 0 Å². The van der Waals surface area contributed by atoms with Crippen LogP contribution in [0.25, 0.3) is 0 Å². The fraction of sp³-hybridized carbons (Fsp3) is 0.0714. The predicted molar refractivity (Wildman–Crippen MR) is 69.6 cm³/mol. The van der Waals surface area contributed by atoms with Crippen LogP contribution in [0.3, 0.4) is 0 Å². The van der Waals surface area contributed by atoms with Crippen LogP contribution in [0.15, 0.2) is 48.5 Å². The second-order valence-electron chi connectivity index (χ2n) is 3.94. The van der Waals surface area contributed by atoms with Crippen LogP contribution in [0.2, 0.25) is 0 Å². The summed E-state index contributed by atoms with van der Waals surface area (Å²) in [5.41, 5.74) is 7.17. The topological polar surface area (TPSA) is 55.1 Å². The van der Waals surface area contributed by atoms with Crippen molar-refractivity contribution in [3.05, 3.63) is 59.9 Å². The Kier molecular flexibility index (Phi) is 3.57. The normalized spacial score (nSPS) is 10.1. The second kappa shape index (κ2) is 5.31. The van der Waals surface area contributed by atoms with Crippen molar-refractivity contribution < 1.29 is 9.18 Å². The minimum absolute atomic E-state index is 0.181. The quantitative estimate of drug-likeness (QED) is 0.815. The maximum atomic E-state index is 12.8. The average molecular weight is 244 g/mol. The highest BCUT2D eigenvalue weighted by molar-refractivity contribution is 5.95. The molecule has 2 rings (SSSR count). The van der Waals surface area contributed by atoms with E-state index in [-0.39, 0.29) is 18.0 Å². The first-order chi connectivity index (χ1) is 8.65. The molecule has 4 heteroatoms. The van der Waals surface area contributed by atoms with E-state index in [9.17, 15) is 9.18 Å². The van der Waals surface area contributed by atoms with Crippen LogP contribution >= 0.6 is 0 Å². The molecule has 0 unspecified atom stereocenters. The summed E-state index contributed by atoms with van der Waals surface area (Å²) in [5.74, 6) is -0.604. The van der Waals surface area contributed by atoms with Crippen LogP contribution in [-0.4, -0.2) is 5.91 Å². The molecule has 1 amide bonds. The predicted octanol–water partition coefficient (Wildman–Crippen LogP) is 2.59. The molecule has 0 aliphatic carbocycles. The van der Waals surface area contributed by atoms with E-state index in [4.69, 9.17) is 5.73 Å². The fourth-order valence-electron chi connectivity index (χ4n) is 1.62. The Morgan fingerprint density at radius 2 is 1.89 bits per heavy atom. The molecule has 0 aliphatic heterocycles. The van der Waals surface area contributed by atoms with Crippen molar-refractivity contribution in [2.45, 2.75) is 6.42 Å². The van der Waals surface area contributed by atoms with Gasteiger partial charge in [0.15, 0.2) is 0 Å². The van der Waals surface area contributed by atoms with E-state index < -0.39 is 5.82 Å². The number of nitrogens with two attached hydrogens (primary N) is 1. The third kappa shape index (κ3) is 3.07. The van der Waals surface area contributed by atoms with Crippen LogP contribution in [-0.2, 0) is 11.2 Å². The summed E-state index contributed by atoms with van der Waals surface area (Å²) in [6, 6.07) is 13.3. The third-order valence-corrected chi connectivity index (χ3v) is 2.50. The van der Waals surface area contributed by atoms with Crippen LogP contribution in [0.5, 0.6) is 0 Å². The van der Waals surface area contributed by atoms with Crippen molar-refractivity contribution in [1.29, 1.82) is 0 Å². The zero-order chi connectivity index (χ0) is 13.0. The van der Waals surface area contributed by atoms with Gasteiger partial charge in [-0.25, -0.2) is 4.39 Å². The van der Waals surface area contributed by atoms with Crippen LogP contribution in [0.4, 0.5) is 15.8 Å². The first kappa shape index (κ1) is 12.1. The molecule has 0 atom stereocenters. The molecule has 0 spiro atoms. The van der Waals surface area contributed by atoms with E-state index in [0.717, 1.165) is 5.56 Å². The van der Waals surface area contributed by atoms with E-state index in [1.807, 2.05) is 30.3 Å². The number of nitrogen functional groups attached to an aromatic ring is 1. The molecule has 2 aromatic rings. The monoisotopic (exact) mass is 244 g/mol. The van der Waals surface area contributed by atoms with Crippen molar-refractivity contribution in [2.24, 2.45) is 0 Å².